The molecule has 0 N–H and O–H groups in total. The van der Waals surface area contributed by atoms with Crippen LogP contribution in [0.3, 0.4) is 0 Å². The molecule has 0 unspecified atom stereocenters. The van der Waals surface area contributed by atoms with Gasteiger partial charge in [-0.25, -0.2) is 0 Å². The summed E-state index contributed by atoms with van der Waals surface area (Å²) in [6.07, 6.45) is 0. The van der Waals surface area contributed by atoms with Crippen LogP contribution in [0.4, 0.5) is 0 Å². The van der Waals surface area contributed by atoms with E-state index in [4.69, 9.17) is 0 Å². The summed E-state index contributed by atoms with van der Waals surface area (Å²) in [6, 6.07) is 60.4. The molecule has 0 saturated heterocycles. The molecular formula is C57H44. The predicted molar refractivity (Wildman–Crippen MR) is 243 cm³/mol. The quantitative estimate of drug-likeness (QED) is 0.156. The van der Waals surface area contributed by atoms with Crippen LogP contribution in [0.5, 0.6) is 0 Å². The molecule has 9 aromatic carbocycles. The van der Waals surface area contributed by atoms with Gasteiger partial charge >= 0.3 is 0 Å². The van der Waals surface area contributed by atoms with Crippen LogP contribution < -0.4 is 0 Å². The lowest BCUT2D eigenvalue weighted by molar-refractivity contribution is 0.660. The second-order valence-electron chi connectivity index (χ2n) is 18.4. The van der Waals surface area contributed by atoms with Gasteiger partial charge < -0.3 is 0 Å². The summed E-state index contributed by atoms with van der Waals surface area (Å²) in [7, 11) is 0. The lowest BCUT2D eigenvalue weighted by Gasteiger charge is -2.26. The monoisotopic (exact) mass is 728 g/mol. The van der Waals surface area contributed by atoms with E-state index in [9.17, 15) is 0 Å². The van der Waals surface area contributed by atoms with E-state index in [1.165, 1.54) is 121 Å². The van der Waals surface area contributed by atoms with Crippen LogP contribution in [0, 0.1) is 0 Å². The summed E-state index contributed by atoms with van der Waals surface area (Å²) in [4.78, 5) is 0. The van der Waals surface area contributed by atoms with Gasteiger partial charge in [-0.3, -0.25) is 0 Å². The van der Waals surface area contributed by atoms with Gasteiger partial charge in [0.1, 0.15) is 0 Å². The maximum atomic E-state index is 2.58. The van der Waals surface area contributed by atoms with Crippen LogP contribution in [-0.4, -0.2) is 0 Å². The first-order valence-corrected chi connectivity index (χ1v) is 20.6. The van der Waals surface area contributed by atoms with E-state index in [2.05, 4.69) is 199 Å². The first-order chi connectivity index (χ1) is 27.6. The van der Waals surface area contributed by atoms with Gasteiger partial charge in [-0.15, -0.1) is 0 Å². The highest BCUT2D eigenvalue weighted by atomic mass is 14.4. The maximum absolute atomic E-state index is 2.58. The van der Waals surface area contributed by atoms with Crippen molar-refractivity contribution in [3.63, 3.8) is 0 Å². The first kappa shape index (κ1) is 33.0. The fraction of sp³-hybridized carbons (Fsp3) is 0.158. The molecule has 3 aliphatic carbocycles. The average Bonchev–Trinajstić information content (AvgIpc) is 3.72. The summed E-state index contributed by atoms with van der Waals surface area (Å²) in [6.45, 7) is 14.4. The Labute approximate surface area is 335 Å². The van der Waals surface area contributed by atoms with Gasteiger partial charge in [0.15, 0.2) is 0 Å². The second-order valence-corrected chi connectivity index (χ2v) is 18.4. The van der Waals surface area contributed by atoms with Crippen LogP contribution in [0.1, 0.15) is 74.9 Å². The highest BCUT2D eigenvalue weighted by Gasteiger charge is 2.42. The van der Waals surface area contributed by atoms with E-state index >= 15 is 0 Å². The van der Waals surface area contributed by atoms with E-state index in [0.717, 1.165) is 0 Å². The van der Waals surface area contributed by atoms with E-state index < -0.39 is 0 Å². The molecule has 0 heterocycles. The molecule has 0 spiro atoms. The SMILES string of the molecule is CC1(C)c2ccccc2-c2ccc(-c3c4ccccc4c(-c4cc5c(c6c7c(ccc46)C(C)(C)c4ccccc4-7)-c4ccccc4C5(C)C)c4ccccc34)cc21. The summed E-state index contributed by atoms with van der Waals surface area (Å²) in [5.41, 5.74) is 21.7. The average molecular weight is 729 g/mol. The van der Waals surface area contributed by atoms with Gasteiger partial charge in [0.25, 0.3) is 0 Å². The number of hydrogen-bond acceptors (Lipinski definition) is 0. The van der Waals surface area contributed by atoms with Crippen molar-refractivity contribution in [2.45, 2.75) is 57.8 Å². The largest absolute Gasteiger partial charge is 0.0619 e. The molecule has 0 nitrogen and oxygen atoms in total. The lowest BCUT2D eigenvalue weighted by Crippen LogP contribution is -2.15. The van der Waals surface area contributed by atoms with Crippen molar-refractivity contribution in [1.29, 1.82) is 0 Å². The lowest BCUT2D eigenvalue weighted by atomic mass is 9.77. The Morgan fingerprint density at radius 1 is 0.263 bits per heavy atom. The van der Waals surface area contributed by atoms with Crippen molar-refractivity contribution in [1.82, 2.24) is 0 Å². The van der Waals surface area contributed by atoms with Crippen LogP contribution in [0.15, 0.2) is 158 Å². The summed E-state index contributed by atoms with van der Waals surface area (Å²) in [5, 5.41) is 7.91. The van der Waals surface area contributed by atoms with Gasteiger partial charge in [0.05, 0.1) is 0 Å². The molecule has 0 aromatic heterocycles. The first-order valence-electron chi connectivity index (χ1n) is 20.6. The molecule has 0 atom stereocenters. The Balaban J connectivity index is 1.21. The molecule has 12 rings (SSSR count). The summed E-state index contributed by atoms with van der Waals surface area (Å²) < 4.78 is 0. The molecule has 0 radical (unpaired) electrons. The zero-order chi connectivity index (χ0) is 38.6. The molecule has 57 heavy (non-hydrogen) atoms. The molecule has 272 valence electrons. The molecule has 0 bridgehead atoms. The van der Waals surface area contributed by atoms with Crippen LogP contribution in [0.25, 0.3) is 88.0 Å². The molecule has 0 saturated carbocycles. The minimum absolute atomic E-state index is 0.0748. The Hall–Kier alpha value is -6.24. The van der Waals surface area contributed by atoms with E-state index in [1.807, 2.05) is 0 Å². The van der Waals surface area contributed by atoms with Crippen LogP contribution >= 0.6 is 0 Å². The standard InChI is InChI=1S/C57H44/c1-55(2)45-25-15-12-22-41(45)52-47(55)30-29-40-43(32-49-53(54(40)52)42-23-13-16-26-46(42)57(49,5)6)51-38-20-9-7-18-36(38)50(37-19-8-10-21-39(37)51)33-27-28-35-34-17-11-14-24-44(34)56(3,4)48(35)31-33/h7-32H,1-6H3. The van der Waals surface area contributed by atoms with Gasteiger partial charge in [-0.05, 0) is 133 Å². The zero-order valence-corrected chi connectivity index (χ0v) is 33.5. The van der Waals surface area contributed by atoms with E-state index in [0.29, 0.717) is 0 Å². The number of rotatable bonds is 2. The van der Waals surface area contributed by atoms with Gasteiger partial charge in [0, 0.05) is 16.2 Å². The zero-order valence-electron chi connectivity index (χ0n) is 33.5. The Morgan fingerprint density at radius 2 is 0.702 bits per heavy atom. The number of benzene rings is 9. The van der Waals surface area contributed by atoms with Crippen LogP contribution in [-0.2, 0) is 16.2 Å². The fourth-order valence-corrected chi connectivity index (χ4v) is 11.7. The highest BCUT2D eigenvalue weighted by Crippen LogP contribution is 2.60. The van der Waals surface area contributed by atoms with Crippen molar-refractivity contribution in [3.05, 3.63) is 191 Å². The summed E-state index contributed by atoms with van der Waals surface area (Å²) in [5.74, 6) is 0. The highest BCUT2D eigenvalue weighted by molar-refractivity contribution is 6.26. The third kappa shape index (κ3) is 4.08. The maximum Gasteiger partial charge on any atom is 0.0159 e. The molecule has 3 aliphatic rings. The van der Waals surface area contributed by atoms with Crippen molar-refractivity contribution in [3.8, 4) is 55.6 Å². The number of hydrogen-bond donors (Lipinski definition) is 0. The van der Waals surface area contributed by atoms with Crippen LogP contribution in [0.2, 0.25) is 0 Å². The molecule has 9 aromatic rings. The second kappa shape index (κ2) is 11.0. The Bertz CT molecular complexity index is 3180. The minimum Gasteiger partial charge on any atom is -0.0619 e. The topological polar surface area (TPSA) is 0 Å². The fourth-order valence-electron chi connectivity index (χ4n) is 11.7. The molecule has 0 aliphatic heterocycles. The van der Waals surface area contributed by atoms with Crippen molar-refractivity contribution in [2.75, 3.05) is 0 Å². The molecule has 0 fully saturated rings. The number of fused-ring (bicyclic) bond motifs is 14. The van der Waals surface area contributed by atoms with Crippen molar-refractivity contribution >= 4 is 32.3 Å². The smallest absolute Gasteiger partial charge is 0.0159 e. The molecule has 0 amide bonds. The van der Waals surface area contributed by atoms with Gasteiger partial charge in [-0.2, -0.15) is 0 Å². The van der Waals surface area contributed by atoms with Gasteiger partial charge in [-0.1, -0.05) is 187 Å². The third-order valence-corrected chi connectivity index (χ3v) is 14.5. The van der Waals surface area contributed by atoms with Gasteiger partial charge in [0.2, 0.25) is 0 Å². The van der Waals surface area contributed by atoms with E-state index in [1.54, 1.807) is 0 Å². The van der Waals surface area contributed by atoms with E-state index in [-0.39, 0.29) is 16.2 Å². The normalized spacial score (nSPS) is 16.0. The molecular weight excluding hydrogens is 685 g/mol. The van der Waals surface area contributed by atoms with Crippen molar-refractivity contribution < 1.29 is 0 Å². The Morgan fingerprint density at radius 3 is 1.30 bits per heavy atom. The third-order valence-electron chi connectivity index (χ3n) is 14.5. The summed E-state index contributed by atoms with van der Waals surface area (Å²) >= 11 is 0. The Kier molecular flexibility index (Phi) is 6.35. The predicted octanol–water partition coefficient (Wildman–Crippen LogP) is 15.4. The van der Waals surface area contributed by atoms with Crippen molar-refractivity contribution in [2.24, 2.45) is 0 Å². The molecule has 0 heteroatoms. The minimum atomic E-state index is -0.161.